The van der Waals surface area contributed by atoms with Gasteiger partial charge < -0.3 is 9.47 Å². The third kappa shape index (κ3) is 4.99. The van der Waals surface area contributed by atoms with Crippen molar-refractivity contribution in [2.75, 3.05) is 13.1 Å². The van der Waals surface area contributed by atoms with Crippen molar-refractivity contribution < 1.29 is 18.0 Å². The van der Waals surface area contributed by atoms with Crippen molar-refractivity contribution >= 4 is 17.2 Å². The van der Waals surface area contributed by atoms with Gasteiger partial charge in [-0.25, -0.2) is 9.97 Å². The largest absolute Gasteiger partial charge is 0.416 e. The van der Waals surface area contributed by atoms with Crippen LogP contribution < -0.4 is 0 Å². The van der Waals surface area contributed by atoms with Crippen molar-refractivity contribution in [2.45, 2.75) is 45.2 Å². The van der Waals surface area contributed by atoms with Crippen LogP contribution in [0.15, 0.2) is 53.9 Å². The number of benzene rings is 2. The minimum atomic E-state index is -4.40. The number of halogens is 3. The summed E-state index contributed by atoms with van der Waals surface area (Å²) in [4.78, 5) is 25.0. The van der Waals surface area contributed by atoms with Crippen molar-refractivity contribution in [3.05, 3.63) is 81.4 Å². The minimum absolute atomic E-state index is 0.102. The number of carbonyl (C=O) groups is 1. The zero-order valence-corrected chi connectivity index (χ0v) is 22.4. The number of thiazole rings is 1. The second-order valence-electron chi connectivity index (χ2n) is 9.64. The number of aromatic nitrogens is 3. The Kier molecular flexibility index (Phi) is 7.13. The van der Waals surface area contributed by atoms with Crippen molar-refractivity contribution in [3.63, 3.8) is 0 Å². The summed E-state index contributed by atoms with van der Waals surface area (Å²) in [6.45, 7) is 5.37. The van der Waals surface area contributed by atoms with E-state index in [1.807, 2.05) is 11.9 Å². The van der Waals surface area contributed by atoms with E-state index in [9.17, 15) is 18.0 Å². The maximum absolute atomic E-state index is 13.5. The lowest BCUT2D eigenvalue weighted by Crippen LogP contribution is -2.38. The van der Waals surface area contributed by atoms with E-state index in [1.165, 1.54) is 12.1 Å². The van der Waals surface area contributed by atoms with Gasteiger partial charge in [0.15, 0.2) is 5.82 Å². The van der Waals surface area contributed by atoms with Crippen LogP contribution in [0.3, 0.4) is 0 Å². The first-order valence-electron chi connectivity index (χ1n) is 12.7. The Hall–Kier alpha value is -3.46. The van der Waals surface area contributed by atoms with Crippen LogP contribution in [0.5, 0.6) is 0 Å². The summed E-state index contributed by atoms with van der Waals surface area (Å²) in [6.07, 6.45) is -1.90. The Labute approximate surface area is 224 Å². The summed E-state index contributed by atoms with van der Waals surface area (Å²) in [5.74, 6) is 1.05. The van der Waals surface area contributed by atoms with Crippen LogP contribution >= 0.6 is 11.3 Å². The van der Waals surface area contributed by atoms with Crippen LogP contribution in [0, 0.1) is 6.92 Å². The molecular formula is C29H29F3N4OS. The summed E-state index contributed by atoms with van der Waals surface area (Å²) in [5.41, 5.74) is 4.14. The molecule has 0 atom stereocenters. The molecule has 38 heavy (non-hydrogen) atoms. The molecule has 0 saturated carbocycles. The molecule has 1 aliphatic rings. The van der Waals surface area contributed by atoms with Crippen molar-refractivity contribution in [3.8, 4) is 22.6 Å². The first-order chi connectivity index (χ1) is 18.2. The second-order valence-corrected chi connectivity index (χ2v) is 10.5. The Balaban J connectivity index is 1.29. The van der Waals surface area contributed by atoms with Gasteiger partial charge in [0.1, 0.15) is 5.69 Å². The molecule has 1 aliphatic heterocycles. The summed E-state index contributed by atoms with van der Waals surface area (Å²) in [5, 5.41) is 3.13. The van der Waals surface area contributed by atoms with Gasteiger partial charge >= 0.3 is 6.18 Å². The van der Waals surface area contributed by atoms with E-state index in [0.717, 1.165) is 59.3 Å². The van der Waals surface area contributed by atoms with Gasteiger partial charge in [0.25, 0.3) is 5.91 Å². The van der Waals surface area contributed by atoms with Crippen LogP contribution in [0.1, 0.15) is 58.0 Å². The Morgan fingerprint density at radius 3 is 2.37 bits per heavy atom. The van der Waals surface area contributed by atoms with Gasteiger partial charge in [-0.2, -0.15) is 13.2 Å². The van der Waals surface area contributed by atoms with E-state index in [2.05, 4.69) is 23.8 Å². The summed E-state index contributed by atoms with van der Waals surface area (Å²) < 4.78 is 41.1. The number of carbonyl (C=O) groups excluding carboxylic acids is 1. The number of nitrogens with zero attached hydrogens (tertiary/aromatic N) is 4. The number of aryl methyl sites for hydroxylation is 1. The topological polar surface area (TPSA) is 51.0 Å². The van der Waals surface area contributed by atoms with Crippen LogP contribution in [-0.4, -0.2) is 38.4 Å². The highest BCUT2D eigenvalue weighted by atomic mass is 32.1. The first-order valence-corrected chi connectivity index (χ1v) is 13.6. The maximum atomic E-state index is 13.5. The fourth-order valence-corrected chi connectivity index (χ4v) is 6.01. The second kappa shape index (κ2) is 10.4. The van der Waals surface area contributed by atoms with Crippen LogP contribution in [0.25, 0.3) is 22.6 Å². The molecule has 1 amide bonds. The molecule has 0 N–H and O–H groups in total. The van der Waals surface area contributed by atoms with E-state index in [1.54, 1.807) is 35.6 Å². The van der Waals surface area contributed by atoms with Crippen molar-refractivity contribution in [1.82, 2.24) is 19.4 Å². The van der Waals surface area contributed by atoms with Crippen LogP contribution in [0.4, 0.5) is 13.2 Å². The van der Waals surface area contributed by atoms with Gasteiger partial charge in [-0.1, -0.05) is 37.3 Å². The normalized spacial score (nSPS) is 14.7. The molecule has 2 aromatic heterocycles. The minimum Gasteiger partial charge on any atom is -0.339 e. The van der Waals surface area contributed by atoms with Crippen molar-refractivity contribution in [1.29, 1.82) is 0 Å². The molecule has 5 nitrogen and oxygen atoms in total. The Morgan fingerprint density at radius 1 is 1.05 bits per heavy atom. The molecule has 1 saturated heterocycles. The van der Waals surface area contributed by atoms with E-state index < -0.39 is 11.7 Å². The van der Waals surface area contributed by atoms with Crippen LogP contribution in [0.2, 0.25) is 0 Å². The lowest BCUT2D eigenvalue weighted by molar-refractivity contribution is -0.137. The summed E-state index contributed by atoms with van der Waals surface area (Å²) >= 11 is 1.64. The average Bonchev–Trinajstić information content (AvgIpc) is 3.53. The number of rotatable bonds is 5. The lowest BCUT2D eigenvalue weighted by Gasteiger charge is -2.31. The zero-order valence-electron chi connectivity index (χ0n) is 21.5. The Bertz CT molecular complexity index is 1450. The molecule has 0 bridgehead atoms. The average molecular weight is 539 g/mol. The van der Waals surface area contributed by atoms with E-state index in [4.69, 9.17) is 9.97 Å². The summed E-state index contributed by atoms with van der Waals surface area (Å²) in [6, 6.07) is 12.1. The van der Waals surface area contributed by atoms with Gasteiger partial charge in [0.2, 0.25) is 0 Å². The molecular weight excluding hydrogens is 509 g/mol. The predicted molar refractivity (Wildman–Crippen MR) is 143 cm³/mol. The predicted octanol–water partition coefficient (Wildman–Crippen LogP) is 7.12. The van der Waals surface area contributed by atoms with Gasteiger partial charge in [-0.3, -0.25) is 4.79 Å². The number of piperidine rings is 1. The number of amides is 1. The molecule has 5 rings (SSSR count). The van der Waals surface area contributed by atoms with Gasteiger partial charge in [0.05, 0.1) is 16.3 Å². The number of alkyl halides is 3. The third-order valence-corrected chi connectivity index (χ3v) is 8.38. The molecule has 0 aliphatic carbocycles. The summed E-state index contributed by atoms with van der Waals surface area (Å²) in [7, 11) is 2.02. The number of hydrogen-bond donors (Lipinski definition) is 0. The third-order valence-electron chi connectivity index (χ3n) is 7.38. The monoisotopic (exact) mass is 538 g/mol. The molecule has 3 heterocycles. The molecule has 0 spiro atoms. The fraction of sp³-hybridized carbons (Fsp3) is 0.345. The molecule has 198 valence electrons. The lowest BCUT2D eigenvalue weighted by atomic mass is 9.94. The molecule has 0 radical (unpaired) electrons. The van der Waals surface area contributed by atoms with Crippen LogP contribution in [-0.2, 0) is 19.6 Å². The molecule has 4 aromatic rings. The maximum Gasteiger partial charge on any atom is 0.416 e. The molecule has 9 heteroatoms. The van der Waals surface area contributed by atoms with E-state index in [-0.39, 0.29) is 11.8 Å². The standard InChI is InChI=1S/C29H29F3N4OS/c1-4-24-18(2)35(3)26(33-24)25-17-38-27(34-25)20-13-15-36(16-14-20)28(37)23-8-6-5-7-22(23)19-9-11-21(12-10-19)29(30,31)32/h5-12,17,20H,4,13-16H2,1-3H3. The quantitative estimate of drug-likeness (QED) is 0.272. The van der Waals surface area contributed by atoms with Gasteiger partial charge in [-0.05, 0) is 55.5 Å². The molecule has 2 aromatic carbocycles. The van der Waals surface area contributed by atoms with E-state index in [0.29, 0.717) is 29.8 Å². The first kappa shape index (κ1) is 26.2. The zero-order chi connectivity index (χ0) is 27.0. The fourth-order valence-electron chi connectivity index (χ4n) is 5.04. The SMILES string of the molecule is CCc1nc(-c2csc(C3CCN(C(=O)c4ccccc4-c4ccc(C(F)(F)F)cc4)CC3)n2)n(C)c1C. The molecule has 1 fully saturated rings. The van der Waals surface area contributed by atoms with Gasteiger partial charge in [-0.15, -0.1) is 11.3 Å². The smallest absolute Gasteiger partial charge is 0.339 e. The molecule has 0 unspecified atom stereocenters. The van der Waals surface area contributed by atoms with Crippen molar-refractivity contribution in [2.24, 2.45) is 7.05 Å². The number of hydrogen-bond acceptors (Lipinski definition) is 4. The Morgan fingerprint density at radius 2 is 1.74 bits per heavy atom. The highest BCUT2D eigenvalue weighted by molar-refractivity contribution is 7.10. The number of likely N-dealkylation sites (tertiary alicyclic amines) is 1. The van der Waals surface area contributed by atoms with Gasteiger partial charge in [0, 0.05) is 42.7 Å². The highest BCUT2D eigenvalue weighted by Gasteiger charge is 2.31. The number of imidazole rings is 1. The van der Waals surface area contributed by atoms with E-state index >= 15 is 0 Å². The highest BCUT2D eigenvalue weighted by Crippen LogP contribution is 2.35.